The second kappa shape index (κ2) is 6.55. The second-order valence-corrected chi connectivity index (χ2v) is 7.12. The van der Waals surface area contributed by atoms with Gasteiger partial charge in [0.25, 0.3) is 0 Å². The van der Waals surface area contributed by atoms with Gasteiger partial charge in [-0.15, -0.1) is 11.6 Å². The van der Waals surface area contributed by atoms with Crippen LogP contribution < -0.4 is 0 Å². The molecule has 102 valence electrons. The zero-order chi connectivity index (χ0) is 13.8. The van der Waals surface area contributed by atoms with Crippen LogP contribution in [0.25, 0.3) is 0 Å². The van der Waals surface area contributed by atoms with Gasteiger partial charge in [0.1, 0.15) is 0 Å². The Morgan fingerprint density at radius 1 is 1.28 bits per heavy atom. The average molecular weight is 290 g/mol. The van der Waals surface area contributed by atoms with Gasteiger partial charge in [-0.3, -0.25) is 0 Å². The van der Waals surface area contributed by atoms with Gasteiger partial charge in [-0.1, -0.05) is 23.8 Å². The van der Waals surface area contributed by atoms with Gasteiger partial charge in [0.15, 0.2) is 0 Å². The van der Waals surface area contributed by atoms with E-state index in [1.807, 2.05) is 26.0 Å². The van der Waals surface area contributed by atoms with Gasteiger partial charge in [-0.25, -0.2) is 12.7 Å². The molecule has 0 amide bonds. The molecule has 0 aliphatic rings. The molecule has 0 bridgehead atoms. The van der Waals surface area contributed by atoms with E-state index in [1.54, 1.807) is 7.05 Å². The Morgan fingerprint density at radius 3 is 2.50 bits per heavy atom. The van der Waals surface area contributed by atoms with Crippen molar-refractivity contribution in [3.63, 3.8) is 0 Å². The topological polar surface area (TPSA) is 37.4 Å². The molecule has 0 spiro atoms. The summed E-state index contributed by atoms with van der Waals surface area (Å²) >= 11 is 5.53. The van der Waals surface area contributed by atoms with Crippen molar-refractivity contribution in [2.75, 3.05) is 18.7 Å². The summed E-state index contributed by atoms with van der Waals surface area (Å²) in [4.78, 5) is 0. The molecule has 0 atom stereocenters. The maximum absolute atomic E-state index is 11.9. The van der Waals surface area contributed by atoms with Crippen molar-refractivity contribution >= 4 is 21.6 Å². The third-order valence-corrected chi connectivity index (χ3v) is 5.05. The normalized spacial score (nSPS) is 12.1. The van der Waals surface area contributed by atoms with Crippen molar-refractivity contribution in [2.24, 2.45) is 0 Å². The lowest BCUT2D eigenvalue weighted by Gasteiger charge is -2.18. The molecule has 0 aliphatic heterocycles. The van der Waals surface area contributed by atoms with E-state index in [0.29, 0.717) is 18.8 Å². The predicted molar refractivity (Wildman–Crippen MR) is 76.5 cm³/mol. The molecular formula is C13H20ClNO2S. The monoisotopic (exact) mass is 289 g/mol. The van der Waals surface area contributed by atoms with Crippen molar-refractivity contribution < 1.29 is 8.42 Å². The van der Waals surface area contributed by atoms with E-state index in [2.05, 4.69) is 6.07 Å². The zero-order valence-electron chi connectivity index (χ0n) is 11.1. The minimum absolute atomic E-state index is 0.109. The second-order valence-electron chi connectivity index (χ2n) is 4.54. The summed E-state index contributed by atoms with van der Waals surface area (Å²) in [5.74, 6) is 0.481. The zero-order valence-corrected chi connectivity index (χ0v) is 12.7. The van der Waals surface area contributed by atoms with Gasteiger partial charge in [0, 0.05) is 19.5 Å². The molecule has 0 aliphatic carbocycles. The Labute approximate surface area is 115 Å². The molecule has 0 radical (unpaired) electrons. The maximum Gasteiger partial charge on any atom is 0.214 e. The first kappa shape index (κ1) is 15.5. The van der Waals surface area contributed by atoms with E-state index < -0.39 is 10.0 Å². The highest BCUT2D eigenvalue weighted by Crippen LogP contribution is 2.14. The average Bonchev–Trinajstić information content (AvgIpc) is 2.30. The molecule has 0 heterocycles. The molecule has 3 nitrogen and oxygen atoms in total. The number of hydrogen-bond donors (Lipinski definition) is 0. The Morgan fingerprint density at radius 2 is 1.94 bits per heavy atom. The molecule has 1 aromatic rings. The molecule has 0 N–H and O–H groups in total. The fourth-order valence-electron chi connectivity index (χ4n) is 1.75. The highest BCUT2D eigenvalue weighted by Gasteiger charge is 2.17. The largest absolute Gasteiger partial charge is 0.214 e. The molecule has 1 aromatic carbocycles. The van der Waals surface area contributed by atoms with Gasteiger partial charge >= 0.3 is 0 Å². The molecule has 18 heavy (non-hydrogen) atoms. The van der Waals surface area contributed by atoms with Crippen molar-refractivity contribution in [1.29, 1.82) is 0 Å². The van der Waals surface area contributed by atoms with E-state index in [-0.39, 0.29) is 5.75 Å². The van der Waals surface area contributed by atoms with Crippen molar-refractivity contribution in [2.45, 2.75) is 26.8 Å². The number of aryl methyl sites for hydroxylation is 2. The highest BCUT2D eigenvalue weighted by molar-refractivity contribution is 7.89. The lowest BCUT2D eigenvalue weighted by Crippen LogP contribution is -2.29. The van der Waals surface area contributed by atoms with E-state index in [0.717, 1.165) is 11.1 Å². The quantitative estimate of drug-likeness (QED) is 0.755. The highest BCUT2D eigenvalue weighted by atomic mass is 35.5. The van der Waals surface area contributed by atoms with Gasteiger partial charge in [0.05, 0.1) is 5.75 Å². The molecule has 0 saturated carbocycles. The van der Waals surface area contributed by atoms with Crippen molar-refractivity contribution in [3.8, 4) is 0 Å². The molecule has 0 saturated heterocycles. The Balaban J connectivity index is 2.78. The minimum Gasteiger partial charge on any atom is -0.212 e. The summed E-state index contributed by atoms with van der Waals surface area (Å²) < 4.78 is 25.3. The van der Waals surface area contributed by atoms with Crippen LogP contribution in [0.5, 0.6) is 0 Å². The number of benzene rings is 1. The van der Waals surface area contributed by atoms with Crippen molar-refractivity contribution in [1.82, 2.24) is 4.31 Å². The van der Waals surface area contributed by atoms with Gasteiger partial charge in [-0.05, 0) is 31.4 Å². The van der Waals surface area contributed by atoms with Crippen LogP contribution in [0.4, 0.5) is 0 Å². The van der Waals surface area contributed by atoms with Crippen LogP contribution >= 0.6 is 11.6 Å². The molecule has 0 aromatic heterocycles. The maximum atomic E-state index is 11.9. The van der Waals surface area contributed by atoms with E-state index in [9.17, 15) is 8.42 Å². The van der Waals surface area contributed by atoms with Gasteiger partial charge < -0.3 is 0 Å². The number of hydrogen-bond acceptors (Lipinski definition) is 2. The summed E-state index contributed by atoms with van der Waals surface area (Å²) in [6.07, 6.45) is 0.487. The first-order valence-corrected chi connectivity index (χ1v) is 8.07. The Hall–Kier alpha value is -0.580. The molecule has 0 fully saturated rings. The van der Waals surface area contributed by atoms with Crippen LogP contribution in [-0.2, 0) is 16.6 Å². The van der Waals surface area contributed by atoms with Crippen molar-refractivity contribution in [3.05, 3.63) is 34.9 Å². The smallest absolute Gasteiger partial charge is 0.212 e. The summed E-state index contributed by atoms with van der Waals surface area (Å²) in [5, 5.41) is 0. The number of rotatable bonds is 6. The summed E-state index contributed by atoms with van der Waals surface area (Å²) in [7, 11) is -1.58. The first-order chi connectivity index (χ1) is 8.36. The van der Waals surface area contributed by atoms with Crippen LogP contribution in [0.3, 0.4) is 0 Å². The lowest BCUT2D eigenvalue weighted by atomic mass is 10.1. The summed E-state index contributed by atoms with van der Waals surface area (Å²) in [6.45, 7) is 4.44. The molecule has 0 unspecified atom stereocenters. The summed E-state index contributed by atoms with van der Waals surface area (Å²) in [5.41, 5.74) is 3.34. The number of sulfonamides is 1. The fourth-order valence-corrected chi connectivity index (χ4v) is 3.20. The summed E-state index contributed by atoms with van der Waals surface area (Å²) in [6, 6.07) is 6.05. The van der Waals surface area contributed by atoms with Crippen LogP contribution in [0.15, 0.2) is 18.2 Å². The number of alkyl halides is 1. The standard InChI is InChI=1S/C13H20ClNO2S/c1-11-5-6-13(12(2)9-11)10-15(3)18(16,17)8-4-7-14/h5-6,9H,4,7-8,10H2,1-3H3. The van der Waals surface area contributed by atoms with Crippen LogP contribution in [0, 0.1) is 13.8 Å². The number of halogens is 1. The van der Waals surface area contributed by atoms with Gasteiger partial charge in [0.2, 0.25) is 10.0 Å². The van der Waals surface area contributed by atoms with Crippen LogP contribution in [0.2, 0.25) is 0 Å². The predicted octanol–water partition coefficient (Wildman–Crippen LogP) is 2.69. The first-order valence-electron chi connectivity index (χ1n) is 5.93. The molecule has 5 heteroatoms. The fraction of sp³-hybridized carbons (Fsp3) is 0.538. The Kier molecular flexibility index (Phi) is 5.63. The van der Waals surface area contributed by atoms with E-state index in [1.165, 1.54) is 9.87 Å². The lowest BCUT2D eigenvalue weighted by molar-refractivity contribution is 0.465. The van der Waals surface area contributed by atoms with Crippen LogP contribution in [-0.4, -0.2) is 31.4 Å². The molecular weight excluding hydrogens is 270 g/mol. The third-order valence-electron chi connectivity index (χ3n) is 2.90. The van der Waals surface area contributed by atoms with E-state index >= 15 is 0 Å². The third kappa shape index (κ3) is 4.26. The van der Waals surface area contributed by atoms with Gasteiger partial charge in [-0.2, -0.15) is 0 Å². The Bertz CT molecular complexity index is 500. The minimum atomic E-state index is -3.20. The van der Waals surface area contributed by atoms with E-state index in [4.69, 9.17) is 11.6 Å². The van der Waals surface area contributed by atoms with Crippen LogP contribution in [0.1, 0.15) is 23.1 Å². The molecule has 1 rings (SSSR count). The number of nitrogens with zero attached hydrogens (tertiary/aromatic N) is 1. The SMILES string of the molecule is Cc1ccc(CN(C)S(=O)(=O)CCCCl)c(C)c1.